The van der Waals surface area contributed by atoms with Crippen molar-refractivity contribution in [2.45, 2.75) is 76.3 Å². The average molecular weight is 463 g/mol. The quantitative estimate of drug-likeness (QED) is 0.482. The Morgan fingerprint density at radius 1 is 1.03 bits per heavy atom. The van der Waals surface area contributed by atoms with Crippen molar-refractivity contribution in [2.24, 2.45) is 4.99 Å². The van der Waals surface area contributed by atoms with Crippen molar-refractivity contribution in [1.29, 1.82) is 0 Å². The summed E-state index contributed by atoms with van der Waals surface area (Å²) >= 11 is 7.89. The number of hydrogen-bond donors (Lipinski definition) is 0. The molecule has 1 saturated heterocycles. The van der Waals surface area contributed by atoms with Gasteiger partial charge < -0.3 is 9.47 Å². The van der Waals surface area contributed by atoms with Gasteiger partial charge in [0.1, 0.15) is 0 Å². The molecule has 168 valence electrons. The van der Waals surface area contributed by atoms with E-state index < -0.39 is 0 Å². The summed E-state index contributed by atoms with van der Waals surface area (Å²) in [5.74, 6) is 1.12. The summed E-state index contributed by atoms with van der Waals surface area (Å²) in [6, 6.07) is 4.26. The van der Waals surface area contributed by atoms with E-state index in [9.17, 15) is 4.79 Å². The molecule has 2 saturated carbocycles. The number of thioether (sulfide) groups is 1. The Hall–Kier alpha value is -1.66. The molecule has 3 fully saturated rings. The second-order valence-corrected chi connectivity index (χ2v) is 9.94. The van der Waals surface area contributed by atoms with Crippen molar-refractivity contribution in [3.63, 3.8) is 0 Å². The molecular weight excluding hydrogens is 432 g/mol. The lowest BCUT2D eigenvalue weighted by Gasteiger charge is -2.31. The molecule has 31 heavy (non-hydrogen) atoms. The number of nitrogens with zero attached hydrogens (tertiary/aromatic N) is 2. The Morgan fingerprint density at radius 3 is 2.35 bits per heavy atom. The molecular formula is C24H31ClN2O3S. The van der Waals surface area contributed by atoms with Crippen molar-refractivity contribution in [2.75, 3.05) is 14.2 Å². The third kappa shape index (κ3) is 5.06. The zero-order valence-electron chi connectivity index (χ0n) is 18.4. The third-order valence-electron chi connectivity index (χ3n) is 6.40. The number of carbonyl (C=O) groups is 1. The van der Waals surface area contributed by atoms with Crippen molar-refractivity contribution < 1.29 is 14.3 Å². The van der Waals surface area contributed by atoms with Gasteiger partial charge in [-0.2, -0.15) is 0 Å². The van der Waals surface area contributed by atoms with Crippen LogP contribution in [0.4, 0.5) is 0 Å². The van der Waals surface area contributed by atoms with E-state index in [0.29, 0.717) is 27.5 Å². The Kier molecular flexibility index (Phi) is 7.49. The van der Waals surface area contributed by atoms with Crippen molar-refractivity contribution in [3.8, 4) is 11.5 Å². The lowest BCUT2D eigenvalue weighted by Crippen LogP contribution is -2.41. The average Bonchev–Trinajstić information content (AvgIpc) is 3.09. The number of aliphatic imine (C=N–C) groups is 1. The van der Waals surface area contributed by atoms with E-state index in [0.717, 1.165) is 36.4 Å². The summed E-state index contributed by atoms with van der Waals surface area (Å²) < 4.78 is 10.8. The van der Waals surface area contributed by atoms with E-state index >= 15 is 0 Å². The Morgan fingerprint density at radius 2 is 1.71 bits per heavy atom. The highest BCUT2D eigenvalue weighted by Crippen LogP contribution is 2.41. The van der Waals surface area contributed by atoms with Gasteiger partial charge in [-0.3, -0.25) is 14.7 Å². The number of carbonyl (C=O) groups excluding carboxylic acids is 1. The smallest absolute Gasteiger partial charge is 0.266 e. The normalized spacial score (nSPS) is 23.7. The third-order valence-corrected chi connectivity index (χ3v) is 7.68. The Labute approximate surface area is 194 Å². The second kappa shape index (κ2) is 10.3. The van der Waals surface area contributed by atoms with Gasteiger partial charge in [-0.25, -0.2) is 0 Å². The maximum absolute atomic E-state index is 13.5. The largest absolute Gasteiger partial charge is 0.493 e. The van der Waals surface area contributed by atoms with Crippen molar-refractivity contribution in [1.82, 2.24) is 4.90 Å². The number of rotatable bonds is 5. The summed E-state index contributed by atoms with van der Waals surface area (Å²) in [4.78, 5) is 21.3. The molecule has 1 aliphatic heterocycles. The molecule has 7 heteroatoms. The predicted molar refractivity (Wildman–Crippen MR) is 128 cm³/mol. The summed E-state index contributed by atoms with van der Waals surface area (Å²) in [7, 11) is 3.15. The Bertz CT molecular complexity index is 874. The standard InChI is InChI=1S/C24H31ClN2O3S/c1-29-20-14-16(13-19(25)22(20)30-2)15-21-23(28)27(18-11-7-4-8-12-18)24(31-21)26-17-9-5-3-6-10-17/h13-15,17-18H,3-12H2,1-2H3. The van der Waals surface area contributed by atoms with Crippen LogP contribution in [0.3, 0.4) is 0 Å². The highest BCUT2D eigenvalue weighted by Gasteiger charge is 2.39. The zero-order valence-corrected chi connectivity index (χ0v) is 19.9. The fourth-order valence-electron chi connectivity index (χ4n) is 4.78. The number of hydrogen-bond acceptors (Lipinski definition) is 5. The lowest BCUT2D eigenvalue weighted by atomic mass is 9.94. The summed E-state index contributed by atoms with van der Waals surface area (Å²) in [5.41, 5.74) is 0.820. The topological polar surface area (TPSA) is 51.1 Å². The fourth-order valence-corrected chi connectivity index (χ4v) is 6.18. The van der Waals surface area contributed by atoms with Gasteiger partial charge in [0.25, 0.3) is 5.91 Å². The molecule has 0 spiro atoms. The van der Waals surface area contributed by atoms with Crippen LogP contribution >= 0.6 is 23.4 Å². The molecule has 1 aromatic rings. The van der Waals surface area contributed by atoms with Crippen LogP contribution in [0, 0.1) is 0 Å². The number of halogens is 1. The fraction of sp³-hybridized carbons (Fsp3) is 0.583. The molecule has 0 N–H and O–H groups in total. The molecule has 0 radical (unpaired) electrons. The van der Waals surface area contributed by atoms with Gasteiger partial charge in [0.05, 0.1) is 30.2 Å². The van der Waals surface area contributed by atoms with E-state index in [4.69, 9.17) is 26.1 Å². The van der Waals surface area contributed by atoms with Gasteiger partial charge in [0, 0.05) is 6.04 Å². The number of amides is 1. The summed E-state index contributed by atoms with van der Waals surface area (Å²) in [6.07, 6.45) is 13.7. The molecule has 0 bridgehead atoms. The molecule has 0 aromatic heterocycles. The van der Waals surface area contributed by atoms with Crippen molar-refractivity contribution >= 4 is 40.5 Å². The van der Waals surface area contributed by atoms with Gasteiger partial charge >= 0.3 is 0 Å². The van der Waals surface area contributed by atoms with Crippen LogP contribution in [0.1, 0.15) is 69.8 Å². The molecule has 0 unspecified atom stereocenters. The second-order valence-electron chi connectivity index (χ2n) is 8.52. The molecule has 5 nitrogen and oxygen atoms in total. The summed E-state index contributed by atoms with van der Waals surface area (Å²) in [5, 5.41) is 1.35. The van der Waals surface area contributed by atoms with Gasteiger partial charge in [0.15, 0.2) is 16.7 Å². The minimum atomic E-state index is 0.0670. The Balaban J connectivity index is 1.66. The zero-order chi connectivity index (χ0) is 21.8. The van der Waals surface area contributed by atoms with Crippen LogP contribution in [-0.4, -0.2) is 42.3 Å². The molecule has 3 aliphatic rings. The summed E-state index contributed by atoms with van der Waals surface area (Å²) in [6.45, 7) is 0. The minimum absolute atomic E-state index is 0.0670. The van der Waals surface area contributed by atoms with Crippen LogP contribution in [0.2, 0.25) is 5.02 Å². The van der Waals surface area contributed by atoms with Crippen LogP contribution in [0.25, 0.3) is 6.08 Å². The first-order chi connectivity index (χ1) is 15.1. The lowest BCUT2D eigenvalue weighted by molar-refractivity contribution is -0.124. The first kappa shape index (κ1) is 22.5. The number of amidine groups is 1. The molecule has 1 heterocycles. The van der Waals surface area contributed by atoms with Crippen LogP contribution in [0.15, 0.2) is 22.0 Å². The van der Waals surface area contributed by atoms with Gasteiger partial charge in [-0.05, 0) is 61.2 Å². The molecule has 1 amide bonds. The maximum atomic E-state index is 13.5. The van der Waals surface area contributed by atoms with E-state index in [1.54, 1.807) is 14.2 Å². The SMILES string of the molecule is COc1cc(C=C2SC(=NC3CCCCC3)N(C3CCCCC3)C2=O)cc(Cl)c1OC. The van der Waals surface area contributed by atoms with Gasteiger partial charge in [-0.15, -0.1) is 0 Å². The first-order valence-electron chi connectivity index (χ1n) is 11.3. The highest BCUT2D eigenvalue weighted by atomic mass is 35.5. The maximum Gasteiger partial charge on any atom is 0.266 e. The van der Waals surface area contributed by atoms with Crippen molar-refractivity contribution in [3.05, 3.63) is 27.6 Å². The molecule has 4 rings (SSSR count). The van der Waals surface area contributed by atoms with Crippen LogP contribution < -0.4 is 9.47 Å². The number of benzene rings is 1. The molecule has 1 aromatic carbocycles. The van der Waals surface area contributed by atoms with Crippen LogP contribution in [0.5, 0.6) is 11.5 Å². The van der Waals surface area contributed by atoms with E-state index in [1.807, 2.05) is 23.1 Å². The van der Waals surface area contributed by atoms with E-state index in [-0.39, 0.29) is 11.9 Å². The predicted octanol–water partition coefficient (Wildman–Crippen LogP) is 6.29. The number of ether oxygens (including phenoxy) is 2. The number of methoxy groups -OCH3 is 2. The minimum Gasteiger partial charge on any atom is -0.493 e. The van der Waals surface area contributed by atoms with Crippen LogP contribution in [-0.2, 0) is 4.79 Å². The van der Waals surface area contributed by atoms with Gasteiger partial charge in [0.2, 0.25) is 0 Å². The van der Waals surface area contributed by atoms with Gasteiger partial charge in [-0.1, -0.05) is 50.1 Å². The van der Waals surface area contributed by atoms with E-state index in [2.05, 4.69) is 0 Å². The molecule has 2 aliphatic carbocycles. The highest BCUT2D eigenvalue weighted by molar-refractivity contribution is 8.18. The van der Waals surface area contributed by atoms with E-state index in [1.165, 1.54) is 50.3 Å². The monoisotopic (exact) mass is 462 g/mol. The molecule has 0 atom stereocenters. The first-order valence-corrected chi connectivity index (χ1v) is 12.5.